The fourth-order valence-electron chi connectivity index (χ4n) is 2.56. The lowest BCUT2D eigenvalue weighted by Crippen LogP contribution is -2.51. The molecule has 0 bridgehead atoms. The minimum atomic E-state index is -4.15. The zero-order chi connectivity index (χ0) is 21.2. The molecule has 0 aliphatic carbocycles. The summed E-state index contributed by atoms with van der Waals surface area (Å²) in [5.41, 5.74) is 0.748. The summed E-state index contributed by atoms with van der Waals surface area (Å²) < 4.78 is 35.6. The Morgan fingerprint density at radius 3 is 2.14 bits per heavy atom. The van der Waals surface area contributed by atoms with Crippen molar-refractivity contribution in [2.75, 3.05) is 7.11 Å². The Bertz CT molecular complexity index is 1110. The summed E-state index contributed by atoms with van der Waals surface area (Å²) in [6.07, 6.45) is 1.17. The van der Waals surface area contributed by atoms with E-state index < -0.39 is 28.0 Å². The molecule has 10 heteroatoms. The Balaban J connectivity index is 1.99. The molecule has 0 aromatic heterocycles. The molecule has 150 valence electrons. The van der Waals surface area contributed by atoms with Gasteiger partial charge in [0.05, 0.1) is 7.11 Å². The van der Waals surface area contributed by atoms with Crippen molar-refractivity contribution in [3.8, 4) is 11.5 Å². The summed E-state index contributed by atoms with van der Waals surface area (Å²) in [6.45, 7) is 1.82. The summed E-state index contributed by atoms with van der Waals surface area (Å²) in [5, 5.41) is 3.90. The number of imide groups is 2. The number of ether oxygens (including phenoxy) is 1. The number of para-hydroxylation sites is 1. The fourth-order valence-corrected chi connectivity index (χ4v) is 3.50. The lowest BCUT2D eigenvalue weighted by Gasteiger charge is -2.16. The van der Waals surface area contributed by atoms with Crippen LogP contribution in [0.2, 0.25) is 0 Å². The second-order valence-electron chi connectivity index (χ2n) is 6.02. The first-order chi connectivity index (χ1) is 13.7. The molecule has 3 rings (SSSR count). The van der Waals surface area contributed by atoms with E-state index in [2.05, 4.69) is 0 Å². The van der Waals surface area contributed by atoms with Crippen LogP contribution in [-0.2, 0) is 19.7 Å². The third kappa shape index (κ3) is 4.27. The minimum absolute atomic E-state index is 0.00631. The van der Waals surface area contributed by atoms with E-state index in [9.17, 15) is 22.8 Å². The van der Waals surface area contributed by atoms with Crippen LogP contribution in [0.1, 0.15) is 11.1 Å². The quantitative estimate of drug-likeness (QED) is 0.430. The second kappa shape index (κ2) is 7.76. The van der Waals surface area contributed by atoms with Gasteiger partial charge in [-0.1, -0.05) is 29.8 Å². The van der Waals surface area contributed by atoms with Crippen LogP contribution in [0.5, 0.6) is 11.5 Å². The average molecular weight is 416 g/mol. The van der Waals surface area contributed by atoms with Crippen LogP contribution in [0, 0.1) is 6.92 Å². The zero-order valence-corrected chi connectivity index (χ0v) is 16.2. The van der Waals surface area contributed by atoms with Gasteiger partial charge in [-0.05, 0) is 31.2 Å². The number of hydrogen-bond donors (Lipinski definition) is 2. The summed E-state index contributed by atoms with van der Waals surface area (Å²) in [7, 11) is -2.86. The van der Waals surface area contributed by atoms with Crippen molar-refractivity contribution in [2.24, 2.45) is 0 Å². The average Bonchev–Trinajstić information content (AvgIpc) is 2.65. The number of carbonyl (C=O) groups excluding carboxylic acids is 3. The molecule has 2 N–H and O–H groups in total. The number of rotatable bonds is 5. The maximum Gasteiger partial charge on any atom is 0.339 e. The smallest absolute Gasteiger partial charge is 0.339 e. The fraction of sp³-hybridized carbons (Fsp3) is 0.105. The Hall–Kier alpha value is -3.66. The molecule has 0 radical (unpaired) electrons. The van der Waals surface area contributed by atoms with Gasteiger partial charge in [-0.3, -0.25) is 20.2 Å². The van der Waals surface area contributed by atoms with Gasteiger partial charge in [0.15, 0.2) is 11.5 Å². The van der Waals surface area contributed by atoms with Crippen molar-refractivity contribution in [2.45, 2.75) is 11.8 Å². The highest BCUT2D eigenvalue weighted by Gasteiger charge is 2.28. The molecule has 1 heterocycles. The number of amides is 4. The number of methoxy groups -OCH3 is 1. The summed E-state index contributed by atoms with van der Waals surface area (Å²) in [6, 6.07) is 9.51. The molecule has 0 unspecified atom stereocenters. The predicted molar refractivity (Wildman–Crippen MR) is 102 cm³/mol. The summed E-state index contributed by atoms with van der Waals surface area (Å²) in [5.74, 6) is -1.91. The number of urea groups is 1. The topological polar surface area (TPSA) is 128 Å². The normalized spacial score (nSPS) is 14.1. The van der Waals surface area contributed by atoms with Crippen molar-refractivity contribution in [3.05, 3.63) is 59.2 Å². The first-order valence-corrected chi connectivity index (χ1v) is 9.68. The lowest BCUT2D eigenvalue weighted by molar-refractivity contribution is -0.123. The first kappa shape index (κ1) is 20.1. The van der Waals surface area contributed by atoms with Crippen molar-refractivity contribution >= 4 is 34.0 Å². The van der Waals surface area contributed by atoms with Gasteiger partial charge in [0, 0.05) is 5.56 Å². The van der Waals surface area contributed by atoms with E-state index >= 15 is 0 Å². The van der Waals surface area contributed by atoms with Crippen LogP contribution < -0.4 is 19.6 Å². The molecule has 1 saturated heterocycles. The Kier molecular flexibility index (Phi) is 5.37. The van der Waals surface area contributed by atoms with E-state index in [1.165, 1.54) is 43.5 Å². The van der Waals surface area contributed by atoms with Gasteiger partial charge in [0.1, 0.15) is 10.5 Å². The molecule has 29 heavy (non-hydrogen) atoms. The van der Waals surface area contributed by atoms with Gasteiger partial charge in [0.25, 0.3) is 11.8 Å². The van der Waals surface area contributed by atoms with Crippen LogP contribution >= 0.6 is 0 Å². The largest absolute Gasteiger partial charge is 0.492 e. The molecule has 4 amide bonds. The van der Waals surface area contributed by atoms with Crippen LogP contribution in [-0.4, -0.2) is 33.4 Å². The van der Waals surface area contributed by atoms with E-state index in [1.54, 1.807) is 12.1 Å². The number of carbonyl (C=O) groups is 3. The van der Waals surface area contributed by atoms with Gasteiger partial charge in [-0.25, -0.2) is 4.79 Å². The second-order valence-corrected chi connectivity index (χ2v) is 7.57. The standard InChI is InChI=1S/C19H16N2O7S/c1-11-6-8-13(9-7-11)29(25,26)28-15-5-3-4-12(16(15)27-2)10-14-17(22)20-19(24)21-18(14)23/h3-10H,1-2H3,(H2,20,21,22,23,24). The number of benzene rings is 2. The Morgan fingerprint density at radius 1 is 0.931 bits per heavy atom. The monoisotopic (exact) mass is 416 g/mol. The molecule has 2 aromatic carbocycles. The maximum atomic E-state index is 12.6. The van der Waals surface area contributed by atoms with E-state index in [-0.39, 0.29) is 27.5 Å². The first-order valence-electron chi connectivity index (χ1n) is 8.28. The third-order valence-electron chi connectivity index (χ3n) is 3.97. The molecule has 1 aliphatic rings. The summed E-state index contributed by atoms with van der Waals surface area (Å²) in [4.78, 5) is 35.0. The van der Waals surface area contributed by atoms with Gasteiger partial charge < -0.3 is 8.92 Å². The molecule has 1 fully saturated rings. The Labute approximate surface area is 166 Å². The molecule has 0 atom stereocenters. The van der Waals surface area contributed by atoms with Crippen LogP contribution in [0.15, 0.2) is 52.9 Å². The van der Waals surface area contributed by atoms with Gasteiger partial charge >= 0.3 is 16.1 Å². The van der Waals surface area contributed by atoms with Crippen molar-refractivity contribution in [1.29, 1.82) is 0 Å². The maximum absolute atomic E-state index is 12.6. The highest BCUT2D eigenvalue weighted by molar-refractivity contribution is 7.87. The molecule has 0 spiro atoms. The van der Waals surface area contributed by atoms with E-state index in [4.69, 9.17) is 8.92 Å². The SMILES string of the molecule is COc1c(C=C2C(=O)NC(=O)NC2=O)cccc1OS(=O)(=O)c1ccc(C)cc1. The van der Waals surface area contributed by atoms with Crippen molar-refractivity contribution in [3.63, 3.8) is 0 Å². The highest BCUT2D eigenvalue weighted by Crippen LogP contribution is 2.34. The molecule has 9 nitrogen and oxygen atoms in total. The van der Waals surface area contributed by atoms with E-state index in [0.29, 0.717) is 0 Å². The number of hydrogen-bond acceptors (Lipinski definition) is 7. The minimum Gasteiger partial charge on any atom is -0.492 e. The van der Waals surface area contributed by atoms with Crippen molar-refractivity contribution in [1.82, 2.24) is 10.6 Å². The van der Waals surface area contributed by atoms with Crippen LogP contribution in [0.4, 0.5) is 4.79 Å². The van der Waals surface area contributed by atoms with Gasteiger partial charge in [-0.2, -0.15) is 8.42 Å². The number of aryl methyl sites for hydroxylation is 1. The highest BCUT2D eigenvalue weighted by atomic mass is 32.2. The van der Waals surface area contributed by atoms with E-state index in [0.717, 1.165) is 5.56 Å². The van der Waals surface area contributed by atoms with Crippen LogP contribution in [0.25, 0.3) is 6.08 Å². The van der Waals surface area contributed by atoms with E-state index in [1.807, 2.05) is 17.6 Å². The van der Waals surface area contributed by atoms with Crippen LogP contribution in [0.3, 0.4) is 0 Å². The number of nitrogens with one attached hydrogen (secondary N) is 2. The molecule has 1 aliphatic heterocycles. The van der Waals surface area contributed by atoms with Gasteiger partial charge in [0.2, 0.25) is 0 Å². The third-order valence-corrected chi connectivity index (χ3v) is 5.21. The predicted octanol–water partition coefficient (Wildman–Crippen LogP) is 1.52. The molecular weight excluding hydrogens is 400 g/mol. The number of barbiturate groups is 1. The zero-order valence-electron chi connectivity index (χ0n) is 15.4. The Morgan fingerprint density at radius 2 is 1.55 bits per heavy atom. The van der Waals surface area contributed by atoms with Gasteiger partial charge in [-0.15, -0.1) is 0 Å². The lowest BCUT2D eigenvalue weighted by atomic mass is 10.1. The van der Waals surface area contributed by atoms with Crippen molar-refractivity contribution < 1.29 is 31.7 Å². The molecule has 2 aromatic rings. The molecular formula is C19H16N2O7S. The molecule has 0 saturated carbocycles. The summed E-state index contributed by atoms with van der Waals surface area (Å²) >= 11 is 0.